The maximum atomic E-state index is 4.20. The quantitative estimate of drug-likeness (QED) is 0.862. The van der Waals surface area contributed by atoms with Crippen molar-refractivity contribution in [3.8, 4) is 0 Å². The number of hydrogen-bond donors (Lipinski definition) is 1. The van der Waals surface area contributed by atoms with Crippen LogP contribution in [0.2, 0.25) is 0 Å². The van der Waals surface area contributed by atoms with Crippen molar-refractivity contribution in [1.82, 2.24) is 15.1 Å². The Morgan fingerprint density at radius 1 is 1.56 bits per heavy atom. The molecule has 1 N–H and O–H groups in total. The summed E-state index contributed by atoms with van der Waals surface area (Å²) in [5.74, 6) is 0. The van der Waals surface area contributed by atoms with Gasteiger partial charge in [0.2, 0.25) is 0 Å². The molecular formula is C12H17N3S. The van der Waals surface area contributed by atoms with E-state index < -0.39 is 0 Å². The van der Waals surface area contributed by atoms with Crippen LogP contribution in [0.4, 0.5) is 0 Å². The van der Waals surface area contributed by atoms with E-state index in [-0.39, 0.29) is 0 Å². The molecule has 0 saturated carbocycles. The van der Waals surface area contributed by atoms with Crippen LogP contribution < -0.4 is 5.32 Å². The van der Waals surface area contributed by atoms with E-state index in [4.69, 9.17) is 0 Å². The zero-order valence-corrected chi connectivity index (χ0v) is 10.5. The number of nitrogens with zero attached hydrogens (tertiary/aromatic N) is 2. The van der Waals surface area contributed by atoms with Crippen LogP contribution >= 0.6 is 11.3 Å². The van der Waals surface area contributed by atoms with Crippen LogP contribution in [0, 0.1) is 6.92 Å². The average molecular weight is 235 g/mol. The van der Waals surface area contributed by atoms with Gasteiger partial charge in [-0.05, 0) is 36.9 Å². The highest BCUT2D eigenvalue weighted by atomic mass is 32.1. The minimum absolute atomic E-state index is 0.432. The molecule has 0 aromatic carbocycles. The molecule has 1 unspecified atom stereocenters. The number of rotatable bonds is 5. The lowest BCUT2D eigenvalue weighted by molar-refractivity contribution is 0.452. The molecule has 0 aliphatic rings. The molecule has 3 nitrogen and oxygen atoms in total. The van der Waals surface area contributed by atoms with Crippen LogP contribution in [0.5, 0.6) is 0 Å². The molecule has 0 spiro atoms. The zero-order valence-electron chi connectivity index (χ0n) is 9.68. The predicted octanol–water partition coefficient (Wildman–Crippen LogP) is 2.43. The lowest BCUT2D eigenvalue weighted by Gasteiger charge is -2.13. The van der Waals surface area contributed by atoms with Crippen molar-refractivity contribution < 1.29 is 0 Å². The number of thiophene rings is 1. The normalized spacial score (nSPS) is 12.9. The molecule has 0 aliphatic heterocycles. The molecule has 2 rings (SSSR count). The van der Waals surface area contributed by atoms with Crippen molar-refractivity contribution >= 4 is 11.3 Å². The predicted molar refractivity (Wildman–Crippen MR) is 67.6 cm³/mol. The standard InChI is InChI=1S/C12H17N3S/c1-10-4-7-16-12(10)8-13-11(2)9-15-6-3-5-14-15/h3-7,11,13H,8-9H2,1-2H3. The fourth-order valence-electron chi connectivity index (χ4n) is 1.61. The maximum Gasteiger partial charge on any atom is 0.0560 e. The molecule has 0 amide bonds. The van der Waals surface area contributed by atoms with Gasteiger partial charge in [0.05, 0.1) is 6.54 Å². The van der Waals surface area contributed by atoms with E-state index in [2.05, 4.69) is 35.7 Å². The van der Waals surface area contributed by atoms with Crippen molar-refractivity contribution in [3.05, 3.63) is 40.3 Å². The molecule has 0 saturated heterocycles. The summed E-state index contributed by atoms with van der Waals surface area (Å²) in [6.07, 6.45) is 3.81. The molecular weight excluding hydrogens is 218 g/mol. The van der Waals surface area contributed by atoms with E-state index in [0.29, 0.717) is 6.04 Å². The summed E-state index contributed by atoms with van der Waals surface area (Å²) in [7, 11) is 0. The summed E-state index contributed by atoms with van der Waals surface area (Å²) in [6, 6.07) is 4.55. The van der Waals surface area contributed by atoms with Crippen molar-refractivity contribution in [3.63, 3.8) is 0 Å². The van der Waals surface area contributed by atoms with E-state index in [0.717, 1.165) is 13.1 Å². The number of nitrogens with one attached hydrogen (secondary N) is 1. The summed E-state index contributed by atoms with van der Waals surface area (Å²) < 4.78 is 1.96. The summed E-state index contributed by atoms with van der Waals surface area (Å²) in [4.78, 5) is 1.42. The second-order valence-electron chi connectivity index (χ2n) is 4.04. The largest absolute Gasteiger partial charge is 0.308 e. The van der Waals surface area contributed by atoms with Gasteiger partial charge >= 0.3 is 0 Å². The van der Waals surface area contributed by atoms with Gasteiger partial charge < -0.3 is 5.32 Å². The average Bonchev–Trinajstić information content (AvgIpc) is 2.87. The molecule has 2 heterocycles. The van der Waals surface area contributed by atoms with Gasteiger partial charge in [-0.3, -0.25) is 4.68 Å². The monoisotopic (exact) mass is 235 g/mol. The Labute approximate surface area is 100 Å². The molecule has 16 heavy (non-hydrogen) atoms. The molecule has 2 aromatic rings. The maximum absolute atomic E-state index is 4.20. The third-order valence-electron chi connectivity index (χ3n) is 2.60. The SMILES string of the molecule is Cc1ccsc1CNC(C)Cn1cccn1. The summed E-state index contributed by atoms with van der Waals surface area (Å²) in [5.41, 5.74) is 1.38. The van der Waals surface area contributed by atoms with Crippen molar-refractivity contribution in [2.24, 2.45) is 0 Å². The van der Waals surface area contributed by atoms with Crippen molar-refractivity contribution in [2.45, 2.75) is 33.0 Å². The van der Waals surface area contributed by atoms with Gasteiger partial charge in [-0.25, -0.2) is 0 Å². The first-order valence-corrected chi connectivity index (χ1v) is 6.37. The van der Waals surface area contributed by atoms with Gasteiger partial charge in [-0.2, -0.15) is 5.10 Å². The molecule has 0 fully saturated rings. The highest BCUT2D eigenvalue weighted by Crippen LogP contribution is 2.15. The lowest BCUT2D eigenvalue weighted by atomic mass is 10.2. The Kier molecular flexibility index (Phi) is 3.74. The van der Waals surface area contributed by atoms with Crippen LogP contribution in [0.25, 0.3) is 0 Å². The number of hydrogen-bond acceptors (Lipinski definition) is 3. The van der Waals surface area contributed by atoms with E-state index in [1.165, 1.54) is 10.4 Å². The second-order valence-corrected chi connectivity index (χ2v) is 5.04. The van der Waals surface area contributed by atoms with Crippen molar-refractivity contribution in [2.75, 3.05) is 0 Å². The molecule has 0 aliphatic carbocycles. The fraction of sp³-hybridized carbons (Fsp3) is 0.417. The minimum atomic E-state index is 0.432. The van der Waals surface area contributed by atoms with Crippen LogP contribution in [-0.2, 0) is 13.1 Å². The van der Waals surface area contributed by atoms with Gasteiger partial charge in [0.1, 0.15) is 0 Å². The summed E-state index contributed by atoms with van der Waals surface area (Å²) in [5, 5.41) is 9.86. The first-order chi connectivity index (χ1) is 7.75. The third-order valence-corrected chi connectivity index (χ3v) is 3.62. The van der Waals surface area contributed by atoms with Gasteiger partial charge in [0.25, 0.3) is 0 Å². The molecule has 0 bridgehead atoms. The van der Waals surface area contributed by atoms with E-state index in [1.807, 2.05) is 34.5 Å². The molecule has 0 radical (unpaired) electrons. The van der Waals surface area contributed by atoms with Gasteiger partial charge in [-0.15, -0.1) is 11.3 Å². The smallest absolute Gasteiger partial charge is 0.0560 e. The Hall–Kier alpha value is -1.13. The fourth-order valence-corrected chi connectivity index (χ4v) is 2.46. The van der Waals surface area contributed by atoms with Gasteiger partial charge in [0.15, 0.2) is 0 Å². The van der Waals surface area contributed by atoms with Gasteiger partial charge in [-0.1, -0.05) is 0 Å². The Morgan fingerprint density at radius 3 is 3.06 bits per heavy atom. The highest BCUT2D eigenvalue weighted by Gasteiger charge is 2.04. The second kappa shape index (κ2) is 5.27. The molecule has 1 atom stereocenters. The van der Waals surface area contributed by atoms with E-state index >= 15 is 0 Å². The van der Waals surface area contributed by atoms with Crippen LogP contribution in [0.3, 0.4) is 0 Å². The molecule has 2 aromatic heterocycles. The zero-order chi connectivity index (χ0) is 11.4. The number of aromatic nitrogens is 2. The Morgan fingerprint density at radius 2 is 2.44 bits per heavy atom. The van der Waals surface area contributed by atoms with E-state index in [9.17, 15) is 0 Å². The Balaban J connectivity index is 1.80. The first-order valence-electron chi connectivity index (χ1n) is 5.49. The minimum Gasteiger partial charge on any atom is -0.308 e. The van der Waals surface area contributed by atoms with Crippen LogP contribution in [0.15, 0.2) is 29.9 Å². The molecule has 86 valence electrons. The summed E-state index contributed by atoms with van der Waals surface area (Å²) >= 11 is 1.81. The Bertz CT molecular complexity index is 419. The van der Waals surface area contributed by atoms with Crippen LogP contribution in [0.1, 0.15) is 17.4 Å². The third kappa shape index (κ3) is 2.93. The number of aryl methyl sites for hydroxylation is 1. The topological polar surface area (TPSA) is 29.9 Å². The first kappa shape index (κ1) is 11.4. The summed E-state index contributed by atoms with van der Waals surface area (Å²) in [6.45, 7) is 6.21. The lowest BCUT2D eigenvalue weighted by Crippen LogP contribution is -2.30. The van der Waals surface area contributed by atoms with Crippen LogP contribution in [-0.4, -0.2) is 15.8 Å². The molecule has 4 heteroatoms. The van der Waals surface area contributed by atoms with E-state index in [1.54, 1.807) is 0 Å². The van der Waals surface area contributed by atoms with Crippen molar-refractivity contribution in [1.29, 1.82) is 0 Å². The highest BCUT2D eigenvalue weighted by molar-refractivity contribution is 7.10. The van der Waals surface area contributed by atoms with Gasteiger partial charge in [0, 0.05) is 29.9 Å².